The van der Waals surface area contributed by atoms with E-state index in [9.17, 15) is 0 Å². The van der Waals surface area contributed by atoms with Crippen LogP contribution in [0.5, 0.6) is 0 Å². The van der Waals surface area contributed by atoms with Gasteiger partial charge in [0, 0.05) is 0 Å². The van der Waals surface area contributed by atoms with E-state index in [1.807, 2.05) is 13.8 Å². The summed E-state index contributed by atoms with van der Waals surface area (Å²) in [6.45, 7) is 13.0. The molecule has 0 aliphatic rings. The van der Waals surface area contributed by atoms with Crippen LogP contribution in [0.4, 0.5) is 0 Å². The summed E-state index contributed by atoms with van der Waals surface area (Å²) < 4.78 is 0. The van der Waals surface area contributed by atoms with Crippen LogP contribution in [0.1, 0.15) is 77.3 Å². The standard InChI is InChI=1S/2C10H14.C2H6.3ClH.Sb/c2*1-3-9(2)10-7-5-4-6-8-10;1-2;;;;/h2*4-9H,3H2,1-2H3;1-2H3;3*1H;/q;;;;;;+3/p-3. The van der Waals surface area contributed by atoms with E-state index < -0.39 is 16.8 Å². The molecule has 0 saturated heterocycles. The number of halogens is 3. The molecule has 0 N–H and O–H groups in total. The average Bonchev–Trinajstić information content (AvgIpc) is 2.69. The van der Waals surface area contributed by atoms with Gasteiger partial charge in [0.1, 0.15) is 0 Å². The first-order valence-corrected chi connectivity index (χ1v) is 19.0. The van der Waals surface area contributed by atoms with E-state index in [0.29, 0.717) is 11.8 Å². The number of rotatable bonds is 4. The molecule has 0 saturated carbocycles. The Morgan fingerprint density at radius 1 is 0.654 bits per heavy atom. The third kappa shape index (κ3) is 16.3. The van der Waals surface area contributed by atoms with E-state index in [4.69, 9.17) is 26.5 Å². The Morgan fingerprint density at radius 2 is 0.885 bits per heavy atom. The van der Waals surface area contributed by atoms with Crippen molar-refractivity contribution in [3.05, 3.63) is 71.8 Å². The van der Waals surface area contributed by atoms with Crippen LogP contribution in [0.25, 0.3) is 0 Å². The summed E-state index contributed by atoms with van der Waals surface area (Å²) in [4.78, 5) is 0. The Labute approximate surface area is 180 Å². The SMILES string of the molecule is CC.CCC(C)c1ccccc1.CCC(C)c1ccccc1.[Cl][Sb]([Cl])[Cl]. The average molecular weight is 527 g/mol. The van der Waals surface area contributed by atoms with Crippen LogP contribution in [0, 0.1) is 0 Å². The summed E-state index contributed by atoms with van der Waals surface area (Å²) in [7, 11) is 15.0. The zero-order valence-corrected chi connectivity index (χ0v) is 21.7. The number of hydrogen-bond donors (Lipinski definition) is 0. The van der Waals surface area contributed by atoms with Gasteiger partial charge >= 0.3 is 43.3 Å². The van der Waals surface area contributed by atoms with Gasteiger partial charge in [-0.2, -0.15) is 0 Å². The normalized spacial score (nSPS) is 11.6. The van der Waals surface area contributed by atoms with Crippen LogP contribution < -0.4 is 0 Å². The fourth-order valence-corrected chi connectivity index (χ4v) is 2.03. The van der Waals surface area contributed by atoms with Crippen molar-refractivity contribution in [1.29, 1.82) is 0 Å². The monoisotopic (exact) mass is 524 g/mol. The molecule has 2 atom stereocenters. The van der Waals surface area contributed by atoms with Crippen molar-refractivity contribution >= 4 is 43.3 Å². The summed E-state index contributed by atoms with van der Waals surface area (Å²) in [5, 5.41) is 0. The molecule has 0 aliphatic carbocycles. The van der Waals surface area contributed by atoms with Gasteiger partial charge in [-0.1, -0.05) is 102 Å². The maximum absolute atomic E-state index is 4.99. The van der Waals surface area contributed by atoms with Gasteiger partial charge in [0.15, 0.2) is 0 Å². The molecule has 0 heterocycles. The molecule has 0 bridgehead atoms. The molecule has 2 rings (SSSR count). The van der Waals surface area contributed by atoms with Crippen molar-refractivity contribution in [2.75, 3.05) is 0 Å². The molecule has 2 unspecified atom stereocenters. The second-order valence-electron chi connectivity index (χ2n) is 5.63. The second kappa shape index (κ2) is 19.9. The van der Waals surface area contributed by atoms with E-state index in [-0.39, 0.29) is 0 Å². The molecule has 0 radical (unpaired) electrons. The maximum atomic E-state index is 4.99. The summed E-state index contributed by atoms with van der Waals surface area (Å²) in [5.41, 5.74) is 2.90. The molecule has 148 valence electrons. The predicted octanol–water partition coefficient (Wildman–Crippen LogP) is 9.11. The van der Waals surface area contributed by atoms with Crippen molar-refractivity contribution in [2.45, 2.75) is 66.2 Å². The van der Waals surface area contributed by atoms with Crippen molar-refractivity contribution in [1.82, 2.24) is 0 Å². The minimum absolute atomic E-state index is 0.709. The number of benzene rings is 2. The first kappa shape index (κ1) is 28.3. The van der Waals surface area contributed by atoms with Gasteiger partial charge in [-0.3, -0.25) is 0 Å². The van der Waals surface area contributed by atoms with Gasteiger partial charge in [0.2, 0.25) is 0 Å². The zero-order valence-electron chi connectivity index (χ0n) is 16.9. The van der Waals surface area contributed by atoms with Gasteiger partial charge in [0.05, 0.1) is 0 Å². The topological polar surface area (TPSA) is 0 Å². The van der Waals surface area contributed by atoms with Crippen LogP contribution in [0.3, 0.4) is 0 Å². The first-order valence-electron chi connectivity index (χ1n) is 9.29. The quantitative estimate of drug-likeness (QED) is 0.349. The number of hydrogen-bond acceptors (Lipinski definition) is 0. The van der Waals surface area contributed by atoms with Crippen LogP contribution in [0.2, 0.25) is 0 Å². The zero-order chi connectivity index (χ0) is 20.4. The molecular weight excluding hydrogens is 492 g/mol. The van der Waals surface area contributed by atoms with Crippen molar-refractivity contribution < 1.29 is 0 Å². The molecule has 0 spiro atoms. The van der Waals surface area contributed by atoms with Crippen LogP contribution in [-0.4, -0.2) is 16.8 Å². The van der Waals surface area contributed by atoms with Crippen molar-refractivity contribution in [3.8, 4) is 0 Å². The van der Waals surface area contributed by atoms with E-state index in [0.717, 1.165) is 0 Å². The Hall–Kier alpha value is 0.128. The van der Waals surface area contributed by atoms with Crippen LogP contribution >= 0.6 is 26.5 Å². The van der Waals surface area contributed by atoms with Gasteiger partial charge in [-0.25, -0.2) is 0 Å². The summed E-state index contributed by atoms with van der Waals surface area (Å²) >= 11 is -2.03. The molecule has 2 aromatic carbocycles. The third-order valence-corrected chi connectivity index (χ3v) is 3.96. The van der Waals surface area contributed by atoms with Crippen molar-refractivity contribution in [3.63, 3.8) is 0 Å². The summed E-state index contributed by atoms with van der Waals surface area (Å²) in [6, 6.07) is 21.3. The Morgan fingerprint density at radius 3 is 1.08 bits per heavy atom. The Bertz CT molecular complexity index is 455. The molecule has 0 fully saturated rings. The molecule has 26 heavy (non-hydrogen) atoms. The molecule has 0 aliphatic heterocycles. The molecular formula is C22H34Cl3Sb. The molecule has 2 aromatic rings. The van der Waals surface area contributed by atoms with Crippen LogP contribution in [-0.2, 0) is 0 Å². The van der Waals surface area contributed by atoms with E-state index in [2.05, 4.69) is 88.4 Å². The van der Waals surface area contributed by atoms with Gasteiger partial charge < -0.3 is 0 Å². The fraction of sp³-hybridized carbons (Fsp3) is 0.455. The first-order chi connectivity index (χ1) is 12.4. The molecule has 0 aromatic heterocycles. The molecule has 0 nitrogen and oxygen atoms in total. The fourth-order valence-electron chi connectivity index (χ4n) is 2.03. The van der Waals surface area contributed by atoms with Gasteiger partial charge in [-0.05, 0) is 35.8 Å². The second-order valence-corrected chi connectivity index (χ2v) is 17.0. The third-order valence-electron chi connectivity index (χ3n) is 3.96. The predicted molar refractivity (Wildman–Crippen MR) is 125 cm³/mol. The Balaban J connectivity index is 0. The van der Waals surface area contributed by atoms with E-state index in [1.165, 1.54) is 24.0 Å². The van der Waals surface area contributed by atoms with Crippen molar-refractivity contribution in [2.24, 2.45) is 0 Å². The van der Waals surface area contributed by atoms with E-state index >= 15 is 0 Å². The molecule has 0 amide bonds. The Kier molecular flexibility index (Phi) is 21.7. The van der Waals surface area contributed by atoms with Gasteiger partial charge in [-0.15, -0.1) is 0 Å². The molecule has 4 heteroatoms. The minimum atomic E-state index is -2.03. The summed E-state index contributed by atoms with van der Waals surface area (Å²) in [5.74, 6) is 1.42. The van der Waals surface area contributed by atoms with Crippen LogP contribution in [0.15, 0.2) is 60.7 Å². The summed E-state index contributed by atoms with van der Waals surface area (Å²) in [6.07, 6.45) is 2.45. The van der Waals surface area contributed by atoms with Gasteiger partial charge in [0.25, 0.3) is 0 Å². The van der Waals surface area contributed by atoms with E-state index in [1.54, 1.807) is 0 Å².